The molecule has 0 aromatic heterocycles. The normalized spacial score (nSPS) is 16.3. The number of para-hydroxylation sites is 2. The lowest BCUT2D eigenvalue weighted by molar-refractivity contribution is -0.307. The van der Waals surface area contributed by atoms with E-state index in [-0.39, 0.29) is 12.5 Å². The molecule has 0 N–H and O–H groups in total. The molecule has 0 saturated carbocycles. The quantitative estimate of drug-likeness (QED) is 0.677. The van der Waals surface area contributed by atoms with Gasteiger partial charge in [0.05, 0.1) is 17.7 Å². The molecule has 1 heterocycles. The number of anilines is 1. The molecule has 0 saturated heterocycles. The van der Waals surface area contributed by atoms with Crippen LogP contribution in [0.4, 0.5) is 5.69 Å². The third-order valence-electron chi connectivity index (χ3n) is 2.47. The zero-order chi connectivity index (χ0) is 11.7. The van der Waals surface area contributed by atoms with Crippen LogP contribution in [0, 0.1) is 0 Å². The highest BCUT2D eigenvalue weighted by Crippen LogP contribution is 2.32. The minimum atomic E-state index is -1.29. The van der Waals surface area contributed by atoms with Crippen molar-refractivity contribution in [1.29, 1.82) is 0 Å². The molecule has 1 aromatic rings. The van der Waals surface area contributed by atoms with Crippen LogP contribution in [0.5, 0.6) is 5.75 Å². The molecule has 0 aliphatic carbocycles. The first kappa shape index (κ1) is 10.5. The smallest absolute Gasteiger partial charge is 0.265 e. The van der Waals surface area contributed by atoms with Crippen molar-refractivity contribution in [3.05, 3.63) is 24.3 Å². The Morgan fingerprint density at radius 1 is 1.50 bits per heavy atom. The third-order valence-corrected chi connectivity index (χ3v) is 2.47. The number of fused-ring (bicyclic) bond motifs is 1. The molecule has 0 bridgehead atoms. The molecule has 0 fully saturated rings. The van der Waals surface area contributed by atoms with Crippen LogP contribution in [-0.2, 0) is 9.59 Å². The highest BCUT2D eigenvalue weighted by Gasteiger charge is 2.29. The average Bonchev–Trinajstić information content (AvgIpc) is 2.28. The summed E-state index contributed by atoms with van der Waals surface area (Å²) >= 11 is 0. The Labute approximate surface area is 92.2 Å². The van der Waals surface area contributed by atoms with E-state index in [0.717, 1.165) is 0 Å². The van der Waals surface area contributed by atoms with Crippen molar-refractivity contribution in [1.82, 2.24) is 0 Å². The van der Waals surface area contributed by atoms with Gasteiger partial charge >= 0.3 is 0 Å². The molecule has 5 heteroatoms. The summed E-state index contributed by atoms with van der Waals surface area (Å²) in [5, 5.41) is 10.8. The largest absolute Gasteiger partial charge is 0.548 e. The number of amides is 1. The molecule has 1 aliphatic rings. The van der Waals surface area contributed by atoms with Gasteiger partial charge in [0.2, 0.25) is 0 Å². The number of hydrogen-bond acceptors (Lipinski definition) is 4. The first-order valence-electron chi connectivity index (χ1n) is 4.86. The van der Waals surface area contributed by atoms with Crippen molar-refractivity contribution in [2.45, 2.75) is 13.0 Å². The number of carboxylic acid groups (broad SMARTS) is 1. The number of benzene rings is 1. The number of carbonyl (C=O) groups excluding carboxylic acids is 2. The Kier molecular flexibility index (Phi) is 2.52. The average molecular weight is 220 g/mol. The van der Waals surface area contributed by atoms with Gasteiger partial charge in [-0.25, -0.2) is 0 Å². The van der Waals surface area contributed by atoms with Gasteiger partial charge in [0.15, 0.2) is 6.61 Å². The number of nitrogens with zero attached hydrogens (tertiary/aromatic N) is 1. The minimum absolute atomic E-state index is 0.144. The topological polar surface area (TPSA) is 69.7 Å². The van der Waals surface area contributed by atoms with Gasteiger partial charge in [0.1, 0.15) is 5.75 Å². The molecular formula is C11H10NO4-. The monoisotopic (exact) mass is 220 g/mol. The van der Waals surface area contributed by atoms with Crippen LogP contribution >= 0.6 is 0 Å². The first-order valence-corrected chi connectivity index (χ1v) is 4.86. The van der Waals surface area contributed by atoms with Gasteiger partial charge in [-0.05, 0) is 19.1 Å². The summed E-state index contributed by atoms with van der Waals surface area (Å²) in [4.78, 5) is 23.6. The highest BCUT2D eigenvalue weighted by atomic mass is 16.5. The summed E-state index contributed by atoms with van der Waals surface area (Å²) in [5.41, 5.74) is 0.468. The second-order valence-electron chi connectivity index (χ2n) is 3.52. The predicted molar refractivity (Wildman–Crippen MR) is 53.9 cm³/mol. The first-order chi connectivity index (χ1) is 7.61. The standard InChI is InChI=1S/C11H11NO4/c1-7(11(14)15)12-8-4-2-3-5-9(8)16-6-10(12)13/h2-5,7H,6H2,1H3,(H,14,15)/p-1. The van der Waals surface area contributed by atoms with Crippen LogP contribution in [0.15, 0.2) is 24.3 Å². The minimum Gasteiger partial charge on any atom is -0.548 e. The van der Waals surface area contributed by atoms with Gasteiger partial charge in [-0.1, -0.05) is 12.1 Å². The van der Waals surface area contributed by atoms with E-state index in [1.165, 1.54) is 11.8 Å². The Bertz CT molecular complexity index is 443. The molecule has 84 valence electrons. The van der Waals surface area contributed by atoms with E-state index in [4.69, 9.17) is 4.74 Å². The lowest BCUT2D eigenvalue weighted by atomic mass is 10.2. The van der Waals surface area contributed by atoms with E-state index in [0.29, 0.717) is 11.4 Å². The number of carboxylic acids is 1. The summed E-state index contributed by atoms with van der Waals surface area (Å²) in [7, 11) is 0. The molecule has 5 nitrogen and oxygen atoms in total. The third kappa shape index (κ3) is 1.60. The fourth-order valence-electron chi connectivity index (χ4n) is 1.65. The van der Waals surface area contributed by atoms with Gasteiger partial charge in [0, 0.05) is 0 Å². The summed E-state index contributed by atoms with van der Waals surface area (Å²) < 4.78 is 5.19. The molecule has 0 radical (unpaired) electrons. The van der Waals surface area contributed by atoms with Crippen molar-refractivity contribution >= 4 is 17.6 Å². The molecule has 1 unspecified atom stereocenters. The maximum Gasteiger partial charge on any atom is 0.265 e. The Balaban J connectivity index is 2.44. The highest BCUT2D eigenvalue weighted by molar-refractivity contribution is 6.02. The zero-order valence-corrected chi connectivity index (χ0v) is 8.67. The molecular weight excluding hydrogens is 210 g/mol. The van der Waals surface area contributed by atoms with E-state index < -0.39 is 12.0 Å². The number of rotatable bonds is 2. The van der Waals surface area contributed by atoms with Crippen LogP contribution in [0.25, 0.3) is 0 Å². The number of aliphatic carboxylic acids is 1. The van der Waals surface area contributed by atoms with Gasteiger partial charge in [-0.2, -0.15) is 0 Å². The fourth-order valence-corrected chi connectivity index (χ4v) is 1.65. The second kappa shape index (κ2) is 3.84. The van der Waals surface area contributed by atoms with Crippen LogP contribution in [0.1, 0.15) is 6.92 Å². The van der Waals surface area contributed by atoms with E-state index >= 15 is 0 Å². The van der Waals surface area contributed by atoms with Crippen molar-refractivity contribution < 1.29 is 19.4 Å². The zero-order valence-electron chi connectivity index (χ0n) is 8.67. The van der Waals surface area contributed by atoms with Gasteiger partial charge < -0.3 is 14.6 Å². The van der Waals surface area contributed by atoms with Crippen molar-refractivity contribution in [3.63, 3.8) is 0 Å². The van der Waals surface area contributed by atoms with Crippen LogP contribution in [0.2, 0.25) is 0 Å². The predicted octanol–water partition coefficient (Wildman–Crippen LogP) is -0.450. The van der Waals surface area contributed by atoms with E-state index in [2.05, 4.69) is 0 Å². The molecule has 1 aliphatic heterocycles. The molecule has 1 aromatic carbocycles. The van der Waals surface area contributed by atoms with Gasteiger partial charge in [-0.15, -0.1) is 0 Å². The molecule has 1 amide bonds. The van der Waals surface area contributed by atoms with Crippen molar-refractivity contribution in [3.8, 4) is 5.75 Å². The maximum atomic E-state index is 11.6. The molecule has 1 atom stereocenters. The van der Waals surface area contributed by atoms with Crippen LogP contribution < -0.4 is 14.7 Å². The summed E-state index contributed by atoms with van der Waals surface area (Å²) in [6.45, 7) is 1.27. The molecule has 2 rings (SSSR count). The lowest BCUT2D eigenvalue weighted by Crippen LogP contribution is -2.52. The fraction of sp³-hybridized carbons (Fsp3) is 0.273. The van der Waals surface area contributed by atoms with Crippen LogP contribution in [0.3, 0.4) is 0 Å². The number of hydrogen-bond donors (Lipinski definition) is 0. The van der Waals surface area contributed by atoms with E-state index in [1.807, 2.05) is 0 Å². The SMILES string of the molecule is CC(C(=O)[O-])N1C(=O)COc2ccccc21. The maximum absolute atomic E-state index is 11.6. The van der Waals surface area contributed by atoms with Gasteiger partial charge in [-0.3, -0.25) is 9.69 Å². The number of carbonyl (C=O) groups is 2. The summed E-state index contributed by atoms with van der Waals surface area (Å²) in [6.07, 6.45) is 0. The Morgan fingerprint density at radius 2 is 2.19 bits per heavy atom. The summed E-state index contributed by atoms with van der Waals surface area (Å²) in [5.74, 6) is -1.16. The molecule has 0 spiro atoms. The van der Waals surface area contributed by atoms with E-state index in [1.54, 1.807) is 24.3 Å². The number of ether oxygens (including phenoxy) is 1. The Morgan fingerprint density at radius 3 is 2.88 bits per heavy atom. The van der Waals surface area contributed by atoms with Crippen molar-refractivity contribution in [2.24, 2.45) is 0 Å². The second-order valence-corrected chi connectivity index (χ2v) is 3.52. The molecule has 16 heavy (non-hydrogen) atoms. The van der Waals surface area contributed by atoms with Crippen molar-refractivity contribution in [2.75, 3.05) is 11.5 Å². The van der Waals surface area contributed by atoms with E-state index in [9.17, 15) is 14.7 Å². The lowest BCUT2D eigenvalue weighted by Gasteiger charge is -2.34. The summed E-state index contributed by atoms with van der Waals surface area (Å²) in [6, 6.07) is 5.81. The van der Waals surface area contributed by atoms with Gasteiger partial charge in [0.25, 0.3) is 5.91 Å². The Hall–Kier alpha value is -2.04. The van der Waals surface area contributed by atoms with Crippen LogP contribution in [-0.4, -0.2) is 24.5 Å².